The van der Waals surface area contributed by atoms with Crippen LogP contribution in [0, 0.1) is 10.1 Å². The molecular formula is C11H15Cl2N3O2. The monoisotopic (exact) mass is 291 g/mol. The van der Waals surface area contributed by atoms with E-state index in [0.717, 1.165) is 6.54 Å². The fraction of sp³-hybridized carbons (Fsp3) is 0.455. The van der Waals surface area contributed by atoms with E-state index < -0.39 is 4.92 Å². The number of hydrogen-bond acceptors (Lipinski definition) is 4. The average molecular weight is 292 g/mol. The molecule has 1 aromatic rings. The Hall–Kier alpha value is -1.04. The lowest BCUT2D eigenvalue weighted by molar-refractivity contribution is -0.384. The largest absolute Gasteiger partial charge is 0.381 e. The maximum absolute atomic E-state index is 10.6. The Bertz CT molecular complexity index is 415. The van der Waals surface area contributed by atoms with E-state index in [-0.39, 0.29) is 15.7 Å². The summed E-state index contributed by atoms with van der Waals surface area (Å²) >= 11 is 11.9. The molecule has 0 atom stereocenters. The predicted molar refractivity (Wildman–Crippen MR) is 74.7 cm³/mol. The Morgan fingerprint density at radius 3 is 2.28 bits per heavy atom. The molecule has 0 aliphatic heterocycles. The van der Waals surface area contributed by atoms with Gasteiger partial charge in [-0.1, -0.05) is 37.0 Å². The fourth-order valence-corrected chi connectivity index (χ4v) is 1.99. The van der Waals surface area contributed by atoms with E-state index in [9.17, 15) is 10.1 Å². The lowest BCUT2D eigenvalue weighted by Crippen LogP contribution is -2.28. The summed E-state index contributed by atoms with van der Waals surface area (Å²) < 4.78 is 0. The Balaban J connectivity index is 2.69. The van der Waals surface area contributed by atoms with E-state index >= 15 is 0 Å². The highest BCUT2D eigenvalue weighted by Gasteiger charge is 2.14. The quantitative estimate of drug-likeness (QED) is 0.479. The summed E-state index contributed by atoms with van der Waals surface area (Å²) in [6.07, 6.45) is 0. The third kappa shape index (κ3) is 4.33. The highest BCUT2D eigenvalue weighted by Crippen LogP contribution is 2.34. The molecule has 1 aromatic carbocycles. The molecule has 7 heteroatoms. The van der Waals surface area contributed by atoms with E-state index in [0.29, 0.717) is 18.3 Å². The number of non-ortho nitro benzene ring substituents is 1. The molecule has 0 amide bonds. The van der Waals surface area contributed by atoms with E-state index in [1.807, 2.05) is 13.8 Å². The second kappa shape index (κ2) is 6.78. The van der Waals surface area contributed by atoms with Crippen LogP contribution in [0.2, 0.25) is 10.0 Å². The van der Waals surface area contributed by atoms with Crippen LogP contribution in [0.25, 0.3) is 0 Å². The maximum atomic E-state index is 10.6. The molecule has 0 aromatic heterocycles. The molecule has 2 N–H and O–H groups in total. The van der Waals surface area contributed by atoms with Crippen molar-refractivity contribution < 1.29 is 4.92 Å². The predicted octanol–water partition coefficient (Wildman–Crippen LogP) is 3.31. The summed E-state index contributed by atoms with van der Waals surface area (Å²) in [4.78, 5) is 10.1. The highest BCUT2D eigenvalue weighted by atomic mass is 35.5. The smallest absolute Gasteiger partial charge is 0.272 e. The molecule has 18 heavy (non-hydrogen) atoms. The second-order valence-corrected chi connectivity index (χ2v) is 4.89. The normalized spacial score (nSPS) is 10.7. The Morgan fingerprint density at radius 2 is 1.83 bits per heavy atom. The van der Waals surface area contributed by atoms with Crippen LogP contribution in [-0.4, -0.2) is 24.1 Å². The number of rotatable bonds is 6. The maximum Gasteiger partial charge on any atom is 0.272 e. The third-order valence-corrected chi connectivity index (χ3v) is 2.81. The van der Waals surface area contributed by atoms with Crippen LogP contribution < -0.4 is 10.6 Å². The minimum atomic E-state index is -0.526. The number of hydrogen-bond donors (Lipinski definition) is 2. The Morgan fingerprint density at radius 1 is 1.28 bits per heavy atom. The van der Waals surface area contributed by atoms with Gasteiger partial charge in [-0.3, -0.25) is 10.1 Å². The molecule has 0 fully saturated rings. The summed E-state index contributed by atoms with van der Waals surface area (Å²) in [5.41, 5.74) is 0.408. The van der Waals surface area contributed by atoms with Gasteiger partial charge in [0.2, 0.25) is 0 Å². The topological polar surface area (TPSA) is 67.2 Å². The first-order chi connectivity index (χ1) is 8.41. The molecule has 5 nitrogen and oxygen atoms in total. The lowest BCUT2D eigenvalue weighted by atomic mass is 10.2. The van der Waals surface area contributed by atoms with Crippen LogP contribution in [0.5, 0.6) is 0 Å². The van der Waals surface area contributed by atoms with Crippen LogP contribution in [0.3, 0.4) is 0 Å². The molecule has 100 valence electrons. The van der Waals surface area contributed by atoms with Gasteiger partial charge >= 0.3 is 0 Å². The molecule has 1 rings (SSSR count). The number of nitrogens with one attached hydrogen (secondary N) is 2. The van der Waals surface area contributed by atoms with Gasteiger partial charge < -0.3 is 10.6 Å². The fourth-order valence-electron chi connectivity index (χ4n) is 1.38. The van der Waals surface area contributed by atoms with Gasteiger partial charge in [-0.05, 0) is 0 Å². The van der Waals surface area contributed by atoms with E-state index in [1.165, 1.54) is 12.1 Å². The van der Waals surface area contributed by atoms with Crippen LogP contribution >= 0.6 is 23.2 Å². The van der Waals surface area contributed by atoms with Crippen molar-refractivity contribution in [1.82, 2.24) is 5.32 Å². The standard InChI is InChI=1S/C11H15Cl2N3O2/c1-7(2)14-3-4-15-11-9(12)5-8(16(17)18)6-10(11)13/h5-7,14-15H,3-4H2,1-2H3. The van der Waals surface area contributed by atoms with Crippen LogP contribution in [-0.2, 0) is 0 Å². The van der Waals surface area contributed by atoms with E-state index in [1.54, 1.807) is 0 Å². The molecule has 0 unspecified atom stereocenters. The minimum Gasteiger partial charge on any atom is -0.381 e. The van der Waals surface area contributed by atoms with E-state index in [4.69, 9.17) is 23.2 Å². The van der Waals surface area contributed by atoms with Crippen molar-refractivity contribution in [2.45, 2.75) is 19.9 Å². The minimum absolute atomic E-state index is 0.115. The number of halogens is 2. The second-order valence-electron chi connectivity index (χ2n) is 4.08. The van der Waals surface area contributed by atoms with Crippen molar-refractivity contribution in [1.29, 1.82) is 0 Å². The molecule has 0 bridgehead atoms. The van der Waals surface area contributed by atoms with Gasteiger partial charge in [0.1, 0.15) is 0 Å². The molecule has 0 spiro atoms. The van der Waals surface area contributed by atoms with E-state index in [2.05, 4.69) is 10.6 Å². The Labute approximate surface area is 116 Å². The zero-order chi connectivity index (χ0) is 13.7. The molecule has 0 radical (unpaired) electrons. The molecule has 0 aliphatic carbocycles. The number of benzene rings is 1. The summed E-state index contributed by atoms with van der Waals surface area (Å²) in [5, 5.41) is 17.4. The first-order valence-corrected chi connectivity index (χ1v) is 6.28. The SMILES string of the molecule is CC(C)NCCNc1c(Cl)cc([N+](=O)[O-])cc1Cl. The molecule has 0 saturated heterocycles. The third-order valence-electron chi connectivity index (χ3n) is 2.22. The first-order valence-electron chi connectivity index (χ1n) is 5.52. The van der Waals surface area contributed by atoms with Gasteiger partial charge in [0.15, 0.2) is 0 Å². The van der Waals surface area contributed by atoms with Crippen LogP contribution in [0.15, 0.2) is 12.1 Å². The van der Waals surface area contributed by atoms with Crippen LogP contribution in [0.1, 0.15) is 13.8 Å². The molecule has 0 saturated carbocycles. The van der Waals surface area contributed by atoms with Gasteiger partial charge in [-0.25, -0.2) is 0 Å². The van der Waals surface area contributed by atoms with Crippen molar-refractivity contribution >= 4 is 34.6 Å². The van der Waals surface area contributed by atoms with Gasteiger partial charge in [-0.2, -0.15) is 0 Å². The molecule has 0 aliphatic rings. The number of nitro benzene ring substituents is 1. The van der Waals surface area contributed by atoms with Gasteiger partial charge in [0, 0.05) is 31.3 Å². The number of anilines is 1. The van der Waals surface area contributed by atoms with Crippen LogP contribution in [0.4, 0.5) is 11.4 Å². The van der Waals surface area contributed by atoms with Crippen molar-refractivity contribution in [2.24, 2.45) is 0 Å². The zero-order valence-corrected chi connectivity index (χ0v) is 11.7. The summed E-state index contributed by atoms with van der Waals surface area (Å²) in [7, 11) is 0. The lowest BCUT2D eigenvalue weighted by Gasteiger charge is -2.12. The highest BCUT2D eigenvalue weighted by molar-refractivity contribution is 6.39. The van der Waals surface area contributed by atoms with Crippen molar-refractivity contribution in [3.8, 4) is 0 Å². The number of nitro groups is 1. The van der Waals surface area contributed by atoms with Crippen molar-refractivity contribution in [3.05, 3.63) is 32.3 Å². The number of nitrogens with zero attached hydrogens (tertiary/aromatic N) is 1. The Kier molecular flexibility index (Phi) is 5.65. The summed E-state index contributed by atoms with van der Waals surface area (Å²) in [6.45, 7) is 5.48. The van der Waals surface area contributed by atoms with Crippen molar-refractivity contribution in [3.63, 3.8) is 0 Å². The first kappa shape index (κ1) is 15.0. The zero-order valence-electron chi connectivity index (χ0n) is 10.2. The van der Waals surface area contributed by atoms with Gasteiger partial charge in [-0.15, -0.1) is 0 Å². The molecule has 0 heterocycles. The van der Waals surface area contributed by atoms with Crippen molar-refractivity contribution in [2.75, 3.05) is 18.4 Å². The average Bonchev–Trinajstić information content (AvgIpc) is 2.26. The van der Waals surface area contributed by atoms with Gasteiger partial charge in [0.25, 0.3) is 5.69 Å². The summed E-state index contributed by atoms with van der Waals surface area (Å²) in [6, 6.07) is 2.96. The summed E-state index contributed by atoms with van der Waals surface area (Å²) in [5.74, 6) is 0. The van der Waals surface area contributed by atoms with Gasteiger partial charge in [0.05, 0.1) is 20.7 Å². The molecular weight excluding hydrogens is 277 g/mol.